The summed E-state index contributed by atoms with van der Waals surface area (Å²) in [6.07, 6.45) is 2.02. The van der Waals surface area contributed by atoms with Crippen LogP contribution in [-0.2, 0) is 4.79 Å². The smallest absolute Gasteiger partial charge is 0.261 e. The Labute approximate surface area is 209 Å². The molecule has 0 spiro atoms. The number of nitrogens with one attached hydrogen (secondary N) is 3. The number of benzene rings is 2. The molecule has 1 atom stereocenters. The second-order valence-electron chi connectivity index (χ2n) is 9.65. The summed E-state index contributed by atoms with van der Waals surface area (Å²) in [6, 6.07) is 18.0. The highest BCUT2D eigenvalue weighted by molar-refractivity contribution is 7.18. The fourth-order valence-electron chi connectivity index (χ4n) is 3.97. The van der Waals surface area contributed by atoms with Crippen LogP contribution >= 0.6 is 11.3 Å². The van der Waals surface area contributed by atoms with E-state index in [1.165, 1.54) is 11.3 Å². The van der Waals surface area contributed by atoms with Crippen molar-refractivity contribution in [3.63, 3.8) is 0 Å². The van der Waals surface area contributed by atoms with Crippen molar-refractivity contribution in [3.8, 4) is 5.75 Å². The molecule has 1 unspecified atom stereocenters. The Kier molecular flexibility index (Phi) is 6.98. The topological polar surface area (TPSA) is 83.2 Å². The fraction of sp³-hybridized carbons (Fsp3) is 0.286. The molecule has 0 bridgehead atoms. The number of para-hydroxylation sites is 1. The Morgan fingerprint density at radius 3 is 2.49 bits per heavy atom. The minimum atomic E-state index is -0.509. The van der Waals surface area contributed by atoms with Crippen LogP contribution in [0.1, 0.15) is 53.1 Å². The minimum Gasteiger partial charge on any atom is -0.497 e. The standard InChI is InChI=1S/C28H31N3O3S/c1-17-14-24(31-27(33)28(2,3)4)35-25(17)26(32)30-15-21(18-10-12-19(34-5)13-11-18)22-16-29-23-9-7-6-8-20(22)23/h6-14,16,21,29H,15H2,1-5H3,(H,30,32)(H,31,33). The van der Waals surface area contributed by atoms with Crippen molar-refractivity contribution in [2.75, 3.05) is 19.0 Å². The van der Waals surface area contributed by atoms with Crippen molar-refractivity contribution in [2.45, 2.75) is 33.6 Å². The average Bonchev–Trinajstić information content (AvgIpc) is 3.42. The van der Waals surface area contributed by atoms with E-state index in [0.717, 1.165) is 33.3 Å². The van der Waals surface area contributed by atoms with Crippen molar-refractivity contribution in [1.82, 2.24) is 10.3 Å². The van der Waals surface area contributed by atoms with E-state index in [1.54, 1.807) is 7.11 Å². The molecule has 35 heavy (non-hydrogen) atoms. The van der Waals surface area contributed by atoms with Crippen LogP contribution in [0, 0.1) is 12.3 Å². The molecule has 2 amide bonds. The number of carbonyl (C=O) groups excluding carboxylic acids is 2. The fourth-order valence-corrected chi connectivity index (χ4v) is 4.95. The molecule has 6 nitrogen and oxygen atoms in total. The maximum atomic E-state index is 13.2. The van der Waals surface area contributed by atoms with E-state index in [2.05, 4.69) is 21.7 Å². The third kappa shape index (κ3) is 5.41. The predicted octanol–water partition coefficient (Wildman–Crippen LogP) is 6.09. The number of thiophene rings is 1. The molecule has 3 N–H and O–H groups in total. The minimum absolute atomic E-state index is 0.0543. The van der Waals surface area contributed by atoms with Gasteiger partial charge in [0.15, 0.2) is 0 Å². The highest BCUT2D eigenvalue weighted by Crippen LogP contribution is 2.32. The maximum Gasteiger partial charge on any atom is 0.261 e. The number of H-pyrrole nitrogens is 1. The molecule has 0 fully saturated rings. The second-order valence-corrected chi connectivity index (χ2v) is 10.7. The van der Waals surface area contributed by atoms with Gasteiger partial charge in [0.25, 0.3) is 5.91 Å². The van der Waals surface area contributed by atoms with Crippen LogP contribution in [0.2, 0.25) is 0 Å². The molecular formula is C28H31N3O3S. The number of rotatable bonds is 7. The van der Waals surface area contributed by atoms with Gasteiger partial charge < -0.3 is 20.4 Å². The first-order valence-corrected chi connectivity index (χ1v) is 12.4. The van der Waals surface area contributed by atoms with Crippen molar-refractivity contribution in [3.05, 3.63) is 82.4 Å². The first-order chi connectivity index (χ1) is 16.7. The number of methoxy groups -OCH3 is 1. The quantitative estimate of drug-likeness (QED) is 0.294. The molecular weight excluding hydrogens is 458 g/mol. The third-order valence-corrected chi connectivity index (χ3v) is 7.17. The number of carbonyl (C=O) groups is 2. The number of hydrogen-bond acceptors (Lipinski definition) is 4. The zero-order valence-corrected chi connectivity index (χ0v) is 21.5. The molecule has 0 saturated heterocycles. The van der Waals surface area contributed by atoms with Gasteiger partial charge >= 0.3 is 0 Å². The normalized spacial score (nSPS) is 12.4. The monoisotopic (exact) mass is 489 g/mol. The Hall–Kier alpha value is -3.58. The van der Waals surface area contributed by atoms with Gasteiger partial charge in [-0.15, -0.1) is 11.3 Å². The van der Waals surface area contributed by atoms with Gasteiger partial charge in [-0.2, -0.15) is 0 Å². The summed E-state index contributed by atoms with van der Waals surface area (Å²) in [5.41, 5.74) is 3.58. The molecule has 4 aromatic rings. The Bertz CT molecular complexity index is 1350. The van der Waals surface area contributed by atoms with Crippen LogP contribution in [0.4, 0.5) is 5.00 Å². The van der Waals surface area contributed by atoms with Gasteiger partial charge in [0.2, 0.25) is 5.91 Å². The Balaban J connectivity index is 1.57. The first kappa shape index (κ1) is 24.5. The molecule has 7 heteroatoms. The van der Waals surface area contributed by atoms with Crippen LogP contribution < -0.4 is 15.4 Å². The third-order valence-electron chi connectivity index (χ3n) is 6.02. The van der Waals surface area contributed by atoms with Gasteiger partial charge in [0, 0.05) is 35.0 Å². The summed E-state index contributed by atoms with van der Waals surface area (Å²) in [4.78, 5) is 29.5. The van der Waals surface area contributed by atoms with Crippen LogP contribution in [0.25, 0.3) is 10.9 Å². The van der Waals surface area contributed by atoms with E-state index in [1.807, 2.05) is 82.4 Å². The van der Waals surface area contributed by atoms with Crippen molar-refractivity contribution < 1.29 is 14.3 Å². The lowest BCUT2D eigenvalue weighted by Crippen LogP contribution is -2.28. The molecule has 0 aliphatic rings. The number of aromatic amines is 1. The first-order valence-electron chi connectivity index (χ1n) is 11.6. The predicted molar refractivity (Wildman–Crippen MR) is 143 cm³/mol. The molecule has 2 aromatic carbocycles. The Morgan fingerprint density at radius 2 is 1.80 bits per heavy atom. The molecule has 4 rings (SSSR count). The van der Waals surface area contributed by atoms with E-state index < -0.39 is 5.41 Å². The lowest BCUT2D eigenvalue weighted by molar-refractivity contribution is -0.123. The average molecular weight is 490 g/mol. The summed E-state index contributed by atoms with van der Waals surface area (Å²) in [7, 11) is 1.65. The number of aryl methyl sites for hydroxylation is 1. The number of ether oxygens (including phenoxy) is 1. The second kappa shape index (κ2) is 9.96. The van der Waals surface area contributed by atoms with Crippen LogP contribution in [0.5, 0.6) is 5.75 Å². The lowest BCUT2D eigenvalue weighted by Gasteiger charge is -2.18. The largest absolute Gasteiger partial charge is 0.497 e. The van der Waals surface area contributed by atoms with E-state index in [0.29, 0.717) is 16.4 Å². The molecule has 2 aromatic heterocycles. The van der Waals surface area contributed by atoms with E-state index in [9.17, 15) is 9.59 Å². The van der Waals surface area contributed by atoms with Gasteiger partial charge in [-0.1, -0.05) is 51.1 Å². The number of anilines is 1. The summed E-state index contributed by atoms with van der Waals surface area (Å²) in [6.45, 7) is 7.90. The summed E-state index contributed by atoms with van der Waals surface area (Å²) >= 11 is 1.30. The molecule has 0 saturated carbocycles. The van der Waals surface area contributed by atoms with Gasteiger partial charge in [-0.25, -0.2) is 0 Å². The number of aromatic nitrogens is 1. The molecule has 182 valence electrons. The van der Waals surface area contributed by atoms with Crippen molar-refractivity contribution >= 4 is 39.1 Å². The van der Waals surface area contributed by atoms with E-state index in [-0.39, 0.29) is 17.7 Å². The van der Waals surface area contributed by atoms with Crippen molar-refractivity contribution in [2.24, 2.45) is 5.41 Å². The highest BCUT2D eigenvalue weighted by atomic mass is 32.1. The van der Waals surface area contributed by atoms with Gasteiger partial charge in [-0.05, 0) is 47.9 Å². The number of amides is 2. The van der Waals surface area contributed by atoms with Crippen LogP contribution in [0.15, 0.2) is 60.8 Å². The zero-order valence-electron chi connectivity index (χ0n) is 20.7. The maximum absolute atomic E-state index is 13.2. The van der Waals surface area contributed by atoms with E-state index in [4.69, 9.17) is 4.74 Å². The Morgan fingerprint density at radius 1 is 1.09 bits per heavy atom. The SMILES string of the molecule is COc1ccc(C(CNC(=O)c2sc(NC(=O)C(C)(C)C)cc2C)c2c[nH]c3ccccc23)cc1. The summed E-state index contributed by atoms with van der Waals surface area (Å²) in [5, 5.41) is 7.86. The van der Waals surface area contributed by atoms with Crippen LogP contribution in [0.3, 0.4) is 0 Å². The highest BCUT2D eigenvalue weighted by Gasteiger charge is 2.24. The lowest BCUT2D eigenvalue weighted by atomic mass is 9.90. The van der Waals surface area contributed by atoms with Gasteiger partial charge in [0.05, 0.1) is 17.0 Å². The number of fused-ring (bicyclic) bond motifs is 1. The van der Waals surface area contributed by atoms with Crippen LogP contribution in [-0.4, -0.2) is 30.5 Å². The van der Waals surface area contributed by atoms with Gasteiger partial charge in [0.1, 0.15) is 5.75 Å². The van der Waals surface area contributed by atoms with Crippen molar-refractivity contribution in [1.29, 1.82) is 0 Å². The summed E-state index contributed by atoms with van der Waals surface area (Å²) in [5.74, 6) is 0.502. The van der Waals surface area contributed by atoms with E-state index >= 15 is 0 Å². The molecule has 0 aliphatic carbocycles. The molecule has 0 radical (unpaired) electrons. The van der Waals surface area contributed by atoms with Gasteiger partial charge in [-0.3, -0.25) is 9.59 Å². The molecule has 0 aliphatic heterocycles. The zero-order chi connectivity index (χ0) is 25.2. The summed E-state index contributed by atoms with van der Waals surface area (Å²) < 4.78 is 5.33. The molecule has 2 heterocycles. The number of hydrogen-bond donors (Lipinski definition) is 3.